The molecule has 1 aromatic carbocycles. The molecule has 0 heterocycles. The molecule has 0 saturated heterocycles. The van der Waals surface area contributed by atoms with Crippen LogP contribution in [-0.4, -0.2) is 0 Å². The molecule has 0 unspecified atom stereocenters. The molecule has 0 atom stereocenters. The van der Waals surface area contributed by atoms with Crippen molar-refractivity contribution in [2.75, 3.05) is 0 Å². The molecule has 2 rings (SSSR count). The Balaban J connectivity index is 0.000000211. The summed E-state index contributed by atoms with van der Waals surface area (Å²) in [5, 5.41) is 0.923. The fraction of sp³-hybridized carbons (Fsp3) is 0.368. The van der Waals surface area contributed by atoms with E-state index in [9.17, 15) is 4.39 Å². The molecule has 0 N–H and O–H groups in total. The Hall–Kier alpha value is -1.34. The number of aryl methyl sites for hydroxylation is 1. The summed E-state index contributed by atoms with van der Waals surface area (Å²) in [5.41, 5.74) is 2.59. The van der Waals surface area contributed by atoms with Gasteiger partial charge >= 0.3 is 0 Å². The Bertz CT molecular complexity index is 495. The SMILES string of the molecule is CCCC1=CC=C(Cl)CC=C1.CCCc1ccc(F)cc1. The Morgan fingerprint density at radius 1 is 1.00 bits per heavy atom. The van der Waals surface area contributed by atoms with Gasteiger partial charge in [0.25, 0.3) is 0 Å². The van der Waals surface area contributed by atoms with Crippen molar-refractivity contribution in [2.24, 2.45) is 0 Å². The maximum Gasteiger partial charge on any atom is 0.123 e. The maximum absolute atomic E-state index is 12.3. The molecule has 0 saturated carbocycles. The third-order valence-corrected chi connectivity index (χ3v) is 3.39. The molecule has 0 aromatic heterocycles. The maximum atomic E-state index is 12.3. The molecule has 1 aliphatic carbocycles. The Morgan fingerprint density at radius 3 is 2.29 bits per heavy atom. The highest BCUT2D eigenvalue weighted by Gasteiger charge is 1.95. The third kappa shape index (κ3) is 7.87. The van der Waals surface area contributed by atoms with Gasteiger partial charge in [0.05, 0.1) is 0 Å². The van der Waals surface area contributed by atoms with Gasteiger partial charge < -0.3 is 0 Å². The van der Waals surface area contributed by atoms with Gasteiger partial charge in [-0.2, -0.15) is 0 Å². The van der Waals surface area contributed by atoms with E-state index in [1.165, 1.54) is 29.7 Å². The standard InChI is InChI=1S/C10H13Cl.C9H11F/c1-2-4-9-5-3-6-10(11)8-7-9;1-2-3-8-4-6-9(10)7-5-8/h3,5,7-8H,2,4,6H2,1H3;4-7H,2-3H2,1H3. The predicted octanol–water partition coefficient (Wildman–Crippen LogP) is 6.57. The third-order valence-electron chi connectivity index (χ3n) is 3.11. The largest absolute Gasteiger partial charge is 0.207 e. The Kier molecular flexibility index (Phi) is 8.77. The lowest BCUT2D eigenvalue weighted by Gasteiger charge is -1.95. The normalized spacial score (nSPS) is 13.7. The average molecular weight is 307 g/mol. The summed E-state index contributed by atoms with van der Waals surface area (Å²) in [5.74, 6) is -0.153. The minimum atomic E-state index is -0.153. The minimum Gasteiger partial charge on any atom is -0.207 e. The molecule has 0 nitrogen and oxygen atoms in total. The van der Waals surface area contributed by atoms with Crippen LogP contribution < -0.4 is 0 Å². The topological polar surface area (TPSA) is 0 Å². The van der Waals surface area contributed by atoms with Crippen molar-refractivity contribution in [2.45, 2.75) is 46.0 Å². The predicted molar refractivity (Wildman–Crippen MR) is 91.1 cm³/mol. The van der Waals surface area contributed by atoms with Crippen LogP contribution in [0.1, 0.15) is 45.1 Å². The lowest BCUT2D eigenvalue weighted by molar-refractivity contribution is 0.627. The molecule has 0 bridgehead atoms. The summed E-state index contributed by atoms with van der Waals surface area (Å²) >= 11 is 5.85. The van der Waals surface area contributed by atoms with Gasteiger partial charge in [0.1, 0.15) is 5.82 Å². The smallest absolute Gasteiger partial charge is 0.123 e. The first-order valence-corrected chi connectivity index (χ1v) is 7.99. The second-order valence-corrected chi connectivity index (χ2v) is 5.57. The molecule has 0 radical (unpaired) electrons. The van der Waals surface area contributed by atoms with E-state index in [0.29, 0.717) is 0 Å². The van der Waals surface area contributed by atoms with Crippen molar-refractivity contribution in [1.29, 1.82) is 0 Å². The average Bonchev–Trinajstić information content (AvgIpc) is 2.68. The van der Waals surface area contributed by atoms with Gasteiger partial charge in [0.2, 0.25) is 0 Å². The molecule has 0 aliphatic heterocycles. The highest BCUT2D eigenvalue weighted by Crippen LogP contribution is 2.16. The van der Waals surface area contributed by atoms with Gasteiger partial charge in [-0.25, -0.2) is 4.39 Å². The van der Waals surface area contributed by atoms with Crippen LogP contribution in [0, 0.1) is 5.82 Å². The zero-order valence-electron chi connectivity index (χ0n) is 12.9. The van der Waals surface area contributed by atoms with Crippen LogP contribution in [0.2, 0.25) is 0 Å². The van der Waals surface area contributed by atoms with Crippen molar-refractivity contribution in [3.63, 3.8) is 0 Å². The van der Waals surface area contributed by atoms with Gasteiger partial charge in [-0.15, -0.1) is 0 Å². The van der Waals surface area contributed by atoms with Gasteiger partial charge in [-0.3, -0.25) is 0 Å². The molecule has 1 aliphatic rings. The summed E-state index contributed by atoms with van der Waals surface area (Å²) in [6, 6.07) is 6.67. The molecule has 21 heavy (non-hydrogen) atoms. The van der Waals surface area contributed by atoms with Crippen LogP contribution in [0.5, 0.6) is 0 Å². The van der Waals surface area contributed by atoms with Crippen LogP contribution in [0.25, 0.3) is 0 Å². The van der Waals surface area contributed by atoms with Crippen molar-refractivity contribution in [3.8, 4) is 0 Å². The highest BCUT2D eigenvalue weighted by molar-refractivity contribution is 6.29. The van der Waals surface area contributed by atoms with Crippen LogP contribution in [0.3, 0.4) is 0 Å². The second-order valence-electron chi connectivity index (χ2n) is 5.09. The van der Waals surface area contributed by atoms with E-state index in [1.807, 2.05) is 18.2 Å². The van der Waals surface area contributed by atoms with Gasteiger partial charge in [-0.1, -0.05) is 68.7 Å². The number of benzene rings is 1. The molecule has 0 amide bonds. The van der Waals surface area contributed by atoms with Crippen molar-refractivity contribution < 1.29 is 4.39 Å². The van der Waals surface area contributed by atoms with Gasteiger partial charge in [0.15, 0.2) is 0 Å². The molecule has 0 spiro atoms. The molecule has 2 heteroatoms. The molecular weight excluding hydrogens is 283 g/mol. The molecular formula is C19H24ClF. The first kappa shape index (κ1) is 17.7. The number of hydrogen-bond donors (Lipinski definition) is 0. The summed E-state index contributed by atoms with van der Waals surface area (Å²) < 4.78 is 12.3. The number of allylic oxidation sites excluding steroid dienone is 6. The summed E-state index contributed by atoms with van der Waals surface area (Å²) in [6.45, 7) is 4.30. The summed E-state index contributed by atoms with van der Waals surface area (Å²) in [7, 11) is 0. The lowest BCUT2D eigenvalue weighted by atomic mass is 10.1. The second kappa shape index (κ2) is 10.4. The monoisotopic (exact) mass is 306 g/mol. The zero-order chi connectivity index (χ0) is 15.5. The van der Waals surface area contributed by atoms with Crippen molar-refractivity contribution in [3.05, 3.63) is 70.6 Å². The van der Waals surface area contributed by atoms with Crippen LogP contribution in [0.4, 0.5) is 4.39 Å². The van der Waals surface area contributed by atoms with E-state index >= 15 is 0 Å². The number of hydrogen-bond acceptors (Lipinski definition) is 0. The quantitative estimate of drug-likeness (QED) is 0.590. The van der Waals surface area contributed by atoms with Crippen LogP contribution >= 0.6 is 11.6 Å². The van der Waals surface area contributed by atoms with Gasteiger partial charge in [0, 0.05) is 11.5 Å². The van der Waals surface area contributed by atoms with Crippen molar-refractivity contribution >= 4 is 11.6 Å². The Labute approximate surface area is 133 Å². The van der Waals surface area contributed by atoms with Gasteiger partial charge in [-0.05, 0) is 42.2 Å². The molecule has 1 aromatic rings. The summed E-state index contributed by atoms with van der Waals surface area (Å²) in [4.78, 5) is 0. The van der Waals surface area contributed by atoms with Crippen molar-refractivity contribution in [1.82, 2.24) is 0 Å². The first-order chi connectivity index (χ1) is 10.2. The van der Waals surface area contributed by atoms with E-state index in [0.717, 1.165) is 30.7 Å². The van der Waals surface area contributed by atoms with E-state index in [1.54, 1.807) is 0 Å². The fourth-order valence-electron chi connectivity index (χ4n) is 2.04. The lowest BCUT2D eigenvalue weighted by Crippen LogP contribution is -1.81. The van der Waals surface area contributed by atoms with E-state index < -0.39 is 0 Å². The van der Waals surface area contributed by atoms with E-state index in [2.05, 4.69) is 32.1 Å². The first-order valence-electron chi connectivity index (χ1n) is 7.62. The molecule has 114 valence electrons. The molecule has 0 fully saturated rings. The Morgan fingerprint density at radius 2 is 1.67 bits per heavy atom. The minimum absolute atomic E-state index is 0.153. The van der Waals surface area contributed by atoms with Crippen LogP contribution in [-0.2, 0) is 6.42 Å². The summed E-state index contributed by atoms with van der Waals surface area (Å²) in [6.07, 6.45) is 13.8. The zero-order valence-corrected chi connectivity index (χ0v) is 13.7. The van der Waals surface area contributed by atoms with Crippen LogP contribution in [0.15, 0.2) is 59.2 Å². The number of rotatable bonds is 4. The highest BCUT2D eigenvalue weighted by atomic mass is 35.5. The number of halogens is 2. The fourth-order valence-corrected chi connectivity index (χ4v) is 2.19. The van der Waals surface area contributed by atoms with E-state index in [-0.39, 0.29) is 5.82 Å². The van der Waals surface area contributed by atoms with E-state index in [4.69, 9.17) is 11.6 Å².